The van der Waals surface area contributed by atoms with Crippen molar-refractivity contribution < 1.29 is 4.74 Å². The van der Waals surface area contributed by atoms with Crippen molar-refractivity contribution >= 4 is 29.9 Å². The van der Waals surface area contributed by atoms with E-state index in [4.69, 9.17) is 4.74 Å². The van der Waals surface area contributed by atoms with Gasteiger partial charge in [0, 0.05) is 39.8 Å². The zero-order valence-corrected chi connectivity index (χ0v) is 16.4. The predicted molar refractivity (Wildman–Crippen MR) is 101 cm³/mol. The second-order valence-corrected chi connectivity index (χ2v) is 5.90. The number of guanidine groups is 1. The first-order chi connectivity index (χ1) is 9.65. The van der Waals surface area contributed by atoms with Crippen LogP contribution in [0.1, 0.15) is 32.6 Å². The van der Waals surface area contributed by atoms with Gasteiger partial charge in [0.1, 0.15) is 0 Å². The van der Waals surface area contributed by atoms with E-state index in [1.165, 1.54) is 25.7 Å². The quantitative estimate of drug-likeness (QED) is 0.381. The summed E-state index contributed by atoms with van der Waals surface area (Å²) in [5.74, 6) is 1.82. The third kappa shape index (κ3) is 9.52. The summed E-state index contributed by atoms with van der Waals surface area (Å²) in [4.78, 5) is 6.57. The number of nitrogens with zero attached hydrogens (tertiary/aromatic N) is 2. The summed E-state index contributed by atoms with van der Waals surface area (Å²) >= 11 is 0. The lowest BCUT2D eigenvalue weighted by Gasteiger charge is -2.28. The second kappa shape index (κ2) is 12.5. The fourth-order valence-electron chi connectivity index (χ4n) is 2.52. The molecule has 0 aromatic carbocycles. The Labute approximate surface area is 147 Å². The average Bonchev–Trinajstić information content (AvgIpc) is 2.46. The summed E-state index contributed by atoms with van der Waals surface area (Å²) in [6, 6.07) is 0.587. The zero-order valence-electron chi connectivity index (χ0n) is 14.0. The lowest BCUT2D eigenvalue weighted by molar-refractivity contribution is 0.162. The second-order valence-electron chi connectivity index (χ2n) is 5.90. The average molecular weight is 412 g/mol. The fraction of sp³-hybridized carbons (Fsp3) is 0.933. The van der Waals surface area contributed by atoms with Gasteiger partial charge in [-0.1, -0.05) is 6.92 Å². The van der Waals surface area contributed by atoms with Crippen LogP contribution in [-0.4, -0.2) is 64.3 Å². The van der Waals surface area contributed by atoms with Crippen LogP contribution in [0, 0.1) is 5.92 Å². The maximum Gasteiger partial charge on any atom is 0.191 e. The van der Waals surface area contributed by atoms with E-state index in [-0.39, 0.29) is 24.0 Å². The van der Waals surface area contributed by atoms with Crippen molar-refractivity contribution in [3.05, 3.63) is 0 Å². The molecule has 1 fully saturated rings. The molecule has 1 rings (SSSR count). The topological polar surface area (TPSA) is 48.9 Å². The van der Waals surface area contributed by atoms with Crippen LogP contribution >= 0.6 is 24.0 Å². The van der Waals surface area contributed by atoms with Crippen molar-refractivity contribution in [3.8, 4) is 0 Å². The molecular weight excluding hydrogens is 379 g/mol. The van der Waals surface area contributed by atoms with E-state index >= 15 is 0 Å². The van der Waals surface area contributed by atoms with Crippen LogP contribution in [0.5, 0.6) is 0 Å². The molecule has 5 nitrogen and oxygen atoms in total. The number of nitrogens with one attached hydrogen (secondary N) is 2. The van der Waals surface area contributed by atoms with E-state index < -0.39 is 0 Å². The van der Waals surface area contributed by atoms with Crippen LogP contribution in [-0.2, 0) is 4.74 Å². The van der Waals surface area contributed by atoms with Crippen LogP contribution in [0.3, 0.4) is 0 Å². The van der Waals surface area contributed by atoms with Gasteiger partial charge in [-0.15, -0.1) is 24.0 Å². The van der Waals surface area contributed by atoms with Crippen LogP contribution in [0.15, 0.2) is 4.99 Å². The normalized spacial score (nSPS) is 22.8. The first kappa shape index (κ1) is 20.9. The lowest BCUT2D eigenvalue weighted by atomic mass is 9.87. The molecule has 1 aliphatic carbocycles. The molecule has 0 heterocycles. The number of hydrogen-bond acceptors (Lipinski definition) is 3. The minimum absolute atomic E-state index is 0. The molecule has 0 saturated heterocycles. The Balaban J connectivity index is 0.00000400. The van der Waals surface area contributed by atoms with E-state index in [1.807, 2.05) is 7.05 Å². The van der Waals surface area contributed by atoms with Crippen LogP contribution in [0.4, 0.5) is 0 Å². The van der Waals surface area contributed by atoms with E-state index in [9.17, 15) is 0 Å². The van der Waals surface area contributed by atoms with Crippen molar-refractivity contribution in [3.63, 3.8) is 0 Å². The molecule has 6 heteroatoms. The molecule has 0 unspecified atom stereocenters. The molecule has 0 aromatic heterocycles. The van der Waals surface area contributed by atoms with Crippen molar-refractivity contribution in [1.29, 1.82) is 0 Å². The summed E-state index contributed by atoms with van der Waals surface area (Å²) in [5, 5.41) is 6.93. The van der Waals surface area contributed by atoms with Gasteiger partial charge in [-0.25, -0.2) is 0 Å². The van der Waals surface area contributed by atoms with Crippen LogP contribution in [0.25, 0.3) is 0 Å². The number of methoxy groups -OCH3 is 1. The Hall–Kier alpha value is -0.0800. The highest BCUT2D eigenvalue weighted by molar-refractivity contribution is 14.0. The van der Waals surface area contributed by atoms with E-state index in [1.54, 1.807) is 7.11 Å². The van der Waals surface area contributed by atoms with E-state index in [0.717, 1.165) is 38.1 Å². The minimum Gasteiger partial charge on any atom is -0.383 e. The van der Waals surface area contributed by atoms with Gasteiger partial charge >= 0.3 is 0 Å². The number of ether oxygens (including phenoxy) is 1. The third-order valence-electron chi connectivity index (χ3n) is 4.04. The smallest absolute Gasteiger partial charge is 0.191 e. The van der Waals surface area contributed by atoms with Crippen molar-refractivity contribution in [2.24, 2.45) is 10.9 Å². The van der Waals surface area contributed by atoms with E-state index in [0.29, 0.717) is 6.04 Å². The molecule has 126 valence electrons. The number of halogens is 1. The molecule has 0 aromatic rings. The van der Waals surface area contributed by atoms with Crippen LogP contribution < -0.4 is 10.6 Å². The maximum absolute atomic E-state index is 5.07. The Morgan fingerprint density at radius 2 is 1.90 bits per heavy atom. The highest BCUT2D eigenvalue weighted by Gasteiger charge is 2.18. The zero-order chi connectivity index (χ0) is 14.8. The summed E-state index contributed by atoms with van der Waals surface area (Å²) in [6.45, 7) is 5.99. The largest absolute Gasteiger partial charge is 0.383 e. The van der Waals surface area contributed by atoms with Gasteiger partial charge in [0.15, 0.2) is 5.96 Å². The Morgan fingerprint density at radius 1 is 1.24 bits per heavy atom. The SMILES string of the molecule is CN=C(NCCN(C)CCOC)NC1CCC(C)CC1.I. The Bertz CT molecular complexity index is 281. The summed E-state index contributed by atoms with van der Waals surface area (Å²) in [6.07, 6.45) is 5.17. The predicted octanol–water partition coefficient (Wildman–Crippen LogP) is 1.93. The van der Waals surface area contributed by atoms with Gasteiger partial charge in [0.05, 0.1) is 6.61 Å². The van der Waals surface area contributed by atoms with Crippen molar-refractivity contribution in [1.82, 2.24) is 15.5 Å². The number of rotatable bonds is 7. The van der Waals surface area contributed by atoms with Gasteiger partial charge in [-0.3, -0.25) is 4.99 Å². The fourth-order valence-corrected chi connectivity index (χ4v) is 2.52. The molecule has 0 amide bonds. The first-order valence-corrected chi connectivity index (χ1v) is 7.80. The molecule has 0 radical (unpaired) electrons. The molecule has 2 N–H and O–H groups in total. The summed E-state index contributed by atoms with van der Waals surface area (Å²) in [5.41, 5.74) is 0. The maximum atomic E-state index is 5.07. The molecule has 0 spiro atoms. The number of hydrogen-bond donors (Lipinski definition) is 2. The summed E-state index contributed by atoms with van der Waals surface area (Å²) in [7, 11) is 5.69. The molecule has 0 bridgehead atoms. The highest BCUT2D eigenvalue weighted by atomic mass is 127. The number of likely N-dealkylation sites (N-methyl/N-ethyl adjacent to an activating group) is 1. The molecular formula is C15H33IN4O. The van der Waals surface area contributed by atoms with Gasteiger partial charge in [0.2, 0.25) is 0 Å². The Morgan fingerprint density at radius 3 is 2.48 bits per heavy atom. The number of aliphatic imine (C=N–C) groups is 1. The van der Waals surface area contributed by atoms with Crippen molar-refractivity contribution in [2.75, 3.05) is 47.4 Å². The lowest BCUT2D eigenvalue weighted by Crippen LogP contribution is -2.46. The minimum atomic E-state index is 0. The van der Waals surface area contributed by atoms with Gasteiger partial charge in [0.25, 0.3) is 0 Å². The summed E-state index contributed by atoms with van der Waals surface area (Å²) < 4.78 is 5.07. The Kier molecular flexibility index (Phi) is 12.4. The standard InChI is InChI=1S/C15H32N4O.HI/c1-13-5-7-14(8-6-13)18-15(16-2)17-9-10-19(3)11-12-20-4;/h13-14H,5-12H2,1-4H3,(H2,16,17,18);1H. The molecule has 0 aliphatic heterocycles. The van der Waals surface area contributed by atoms with Gasteiger partial charge < -0.3 is 20.3 Å². The first-order valence-electron chi connectivity index (χ1n) is 7.80. The van der Waals surface area contributed by atoms with E-state index in [2.05, 4.69) is 34.5 Å². The van der Waals surface area contributed by atoms with Crippen molar-refractivity contribution in [2.45, 2.75) is 38.6 Å². The monoisotopic (exact) mass is 412 g/mol. The molecule has 1 saturated carbocycles. The highest BCUT2D eigenvalue weighted by Crippen LogP contribution is 2.23. The molecule has 21 heavy (non-hydrogen) atoms. The van der Waals surface area contributed by atoms with Gasteiger partial charge in [-0.2, -0.15) is 0 Å². The van der Waals surface area contributed by atoms with Gasteiger partial charge in [-0.05, 0) is 38.6 Å². The molecule has 1 aliphatic rings. The van der Waals surface area contributed by atoms with Crippen LogP contribution in [0.2, 0.25) is 0 Å². The third-order valence-corrected chi connectivity index (χ3v) is 4.04. The molecule has 0 atom stereocenters.